The van der Waals surface area contributed by atoms with Gasteiger partial charge in [-0.1, -0.05) is 6.92 Å². The van der Waals surface area contributed by atoms with Gasteiger partial charge in [-0.25, -0.2) is 0 Å². The van der Waals surface area contributed by atoms with Crippen LogP contribution in [0.3, 0.4) is 0 Å². The Morgan fingerprint density at radius 1 is 1.46 bits per heavy atom. The number of alkyl halides is 3. The van der Waals surface area contributed by atoms with E-state index >= 15 is 0 Å². The van der Waals surface area contributed by atoms with Crippen LogP contribution in [0.4, 0.5) is 13.2 Å². The summed E-state index contributed by atoms with van der Waals surface area (Å²) in [5.41, 5.74) is 5.14. The number of hydrogen-bond donors (Lipinski definition) is 1. The van der Waals surface area contributed by atoms with Gasteiger partial charge < -0.3 is 5.73 Å². The van der Waals surface area contributed by atoms with E-state index in [0.29, 0.717) is 6.54 Å². The van der Waals surface area contributed by atoms with Gasteiger partial charge in [-0.05, 0) is 19.4 Å². The predicted octanol–water partition coefficient (Wildman–Crippen LogP) is 1.36. The number of nitrogens with zero attached hydrogens (tertiary/aromatic N) is 1. The smallest absolute Gasteiger partial charge is 0.329 e. The second-order valence-electron chi connectivity index (χ2n) is 3.35. The number of likely N-dealkylation sites (N-methyl/N-ethyl adjacent to an activating group) is 1. The summed E-state index contributed by atoms with van der Waals surface area (Å²) in [6.07, 6.45) is -2.44. The molecule has 2 nitrogen and oxygen atoms in total. The molecule has 1 rings (SSSR count). The van der Waals surface area contributed by atoms with Crippen molar-refractivity contribution in [3.63, 3.8) is 0 Å². The van der Waals surface area contributed by atoms with Crippen LogP contribution in [0.15, 0.2) is 0 Å². The molecule has 78 valence electrons. The van der Waals surface area contributed by atoms with Crippen LogP contribution in [-0.2, 0) is 0 Å². The van der Waals surface area contributed by atoms with Crippen LogP contribution in [0.1, 0.15) is 19.8 Å². The quantitative estimate of drug-likeness (QED) is 0.735. The van der Waals surface area contributed by atoms with Gasteiger partial charge in [0.1, 0.15) is 6.04 Å². The standard InChI is InChI=1S/C8H15F3N2/c1-2-13(6-3-4-6)7(5-12)8(9,10)11/h6-7H,2-5,12H2,1H3. The van der Waals surface area contributed by atoms with E-state index in [0.717, 1.165) is 12.8 Å². The zero-order chi connectivity index (χ0) is 10.1. The minimum absolute atomic E-state index is 0.111. The fourth-order valence-corrected chi connectivity index (χ4v) is 1.60. The van der Waals surface area contributed by atoms with Gasteiger partial charge >= 0.3 is 6.18 Å². The Bertz CT molecular complexity index is 165. The zero-order valence-electron chi connectivity index (χ0n) is 7.64. The topological polar surface area (TPSA) is 29.3 Å². The summed E-state index contributed by atoms with van der Waals surface area (Å²) in [6, 6.07) is -1.34. The average molecular weight is 196 g/mol. The third kappa shape index (κ3) is 2.57. The van der Waals surface area contributed by atoms with Crippen molar-refractivity contribution in [2.75, 3.05) is 13.1 Å². The largest absolute Gasteiger partial charge is 0.405 e. The third-order valence-corrected chi connectivity index (χ3v) is 2.38. The van der Waals surface area contributed by atoms with Crippen molar-refractivity contribution in [1.82, 2.24) is 4.90 Å². The zero-order valence-corrected chi connectivity index (χ0v) is 7.64. The fraction of sp³-hybridized carbons (Fsp3) is 1.00. The maximum Gasteiger partial charge on any atom is 0.405 e. The highest BCUT2D eigenvalue weighted by molar-refractivity contribution is 4.91. The molecule has 1 aliphatic carbocycles. The van der Waals surface area contributed by atoms with E-state index in [2.05, 4.69) is 0 Å². The van der Waals surface area contributed by atoms with Gasteiger partial charge in [0, 0.05) is 12.6 Å². The van der Waals surface area contributed by atoms with Gasteiger partial charge in [0.2, 0.25) is 0 Å². The molecule has 0 aromatic heterocycles. The van der Waals surface area contributed by atoms with Crippen molar-refractivity contribution in [1.29, 1.82) is 0 Å². The molecule has 0 aromatic carbocycles. The Morgan fingerprint density at radius 2 is 2.00 bits per heavy atom. The number of hydrogen-bond acceptors (Lipinski definition) is 2. The van der Waals surface area contributed by atoms with Crippen molar-refractivity contribution in [2.24, 2.45) is 5.73 Å². The Hall–Kier alpha value is -0.290. The Morgan fingerprint density at radius 3 is 2.23 bits per heavy atom. The minimum Gasteiger partial charge on any atom is -0.329 e. The van der Waals surface area contributed by atoms with Gasteiger partial charge in [0.15, 0.2) is 0 Å². The second kappa shape index (κ2) is 3.84. The van der Waals surface area contributed by atoms with Gasteiger partial charge in [-0.15, -0.1) is 0 Å². The molecule has 0 bridgehead atoms. The molecule has 0 aromatic rings. The predicted molar refractivity (Wildman–Crippen MR) is 44.3 cm³/mol. The Balaban J connectivity index is 2.61. The van der Waals surface area contributed by atoms with E-state index in [1.54, 1.807) is 6.92 Å². The average Bonchev–Trinajstić information content (AvgIpc) is 2.79. The van der Waals surface area contributed by atoms with Crippen LogP contribution < -0.4 is 5.73 Å². The fourth-order valence-electron chi connectivity index (χ4n) is 1.60. The minimum atomic E-state index is -4.19. The number of rotatable bonds is 4. The SMILES string of the molecule is CCN(C1CC1)C(CN)C(F)(F)F. The van der Waals surface area contributed by atoms with Gasteiger partial charge in [0.25, 0.3) is 0 Å². The summed E-state index contributed by atoms with van der Waals surface area (Å²) in [5, 5.41) is 0. The van der Waals surface area contributed by atoms with Crippen LogP contribution in [0.2, 0.25) is 0 Å². The summed E-state index contributed by atoms with van der Waals surface area (Å²) >= 11 is 0. The van der Waals surface area contributed by atoms with E-state index in [1.807, 2.05) is 0 Å². The van der Waals surface area contributed by atoms with E-state index in [1.165, 1.54) is 4.90 Å². The molecule has 1 fully saturated rings. The van der Waals surface area contributed by atoms with Crippen molar-refractivity contribution >= 4 is 0 Å². The van der Waals surface area contributed by atoms with E-state index < -0.39 is 12.2 Å². The third-order valence-electron chi connectivity index (χ3n) is 2.38. The summed E-state index contributed by atoms with van der Waals surface area (Å²) in [7, 11) is 0. The molecule has 0 saturated heterocycles. The molecule has 1 aliphatic rings. The number of nitrogens with two attached hydrogens (primary N) is 1. The van der Waals surface area contributed by atoms with E-state index in [9.17, 15) is 13.2 Å². The molecule has 0 aliphatic heterocycles. The van der Waals surface area contributed by atoms with Crippen LogP contribution in [0.25, 0.3) is 0 Å². The monoisotopic (exact) mass is 196 g/mol. The first-order valence-electron chi connectivity index (χ1n) is 4.53. The summed E-state index contributed by atoms with van der Waals surface area (Å²) < 4.78 is 37.3. The summed E-state index contributed by atoms with van der Waals surface area (Å²) in [4.78, 5) is 1.46. The molecule has 1 saturated carbocycles. The lowest BCUT2D eigenvalue weighted by Gasteiger charge is -2.31. The highest BCUT2D eigenvalue weighted by Crippen LogP contribution is 2.33. The molecule has 0 spiro atoms. The van der Waals surface area contributed by atoms with Gasteiger partial charge in [0.05, 0.1) is 0 Å². The second-order valence-corrected chi connectivity index (χ2v) is 3.35. The molecule has 2 N–H and O–H groups in total. The van der Waals surface area contributed by atoms with Crippen LogP contribution >= 0.6 is 0 Å². The first kappa shape index (κ1) is 10.8. The van der Waals surface area contributed by atoms with Crippen LogP contribution in [0.5, 0.6) is 0 Å². The lowest BCUT2D eigenvalue weighted by Crippen LogP contribution is -2.51. The van der Waals surface area contributed by atoms with Crippen molar-refractivity contribution in [3.8, 4) is 0 Å². The highest BCUT2D eigenvalue weighted by Gasteiger charge is 2.46. The maximum absolute atomic E-state index is 12.4. The Labute approximate surface area is 75.9 Å². The normalized spacial score (nSPS) is 20.8. The highest BCUT2D eigenvalue weighted by atomic mass is 19.4. The van der Waals surface area contributed by atoms with Crippen molar-refractivity contribution in [2.45, 2.75) is 38.0 Å². The van der Waals surface area contributed by atoms with Crippen LogP contribution in [0, 0.1) is 0 Å². The molecule has 1 unspecified atom stereocenters. The molecule has 0 amide bonds. The molecular formula is C8H15F3N2. The van der Waals surface area contributed by atoms with Crippen molar-refractivity contribution < 1.29 is 13.2 Å². The lowest BCUT2D eigenvalue weighted by atomic mass is 10.2. The first-order valence-corrected chi connectivity index (χ1v) is 4.53. The maximum atomic E-state index is 12.4. The summed E-state index contributed by atoms with van der Waals surface area (Å²) in [6.45, 7) is 1.83. The van der Waals surface area contributed by atoms with E-state index in [4.69, 9.17) is 5.73 Å². The van der Waals surface area contributed by atoms with Crippen LogP contribution in [-0.4, -0.2) is 36.2 Å². The molecule has 13 heavy (non-hydrogen) atoms. The van der Waals surface area contributed by atoms with Gasteiger partial charge in [-0.2, -0.15) is 13.2 Å². The Kier molecular flexibility index (Phi) is 3.18. The van der Waals surface area contributed by atoms with Gasteiger partial charge in [-0.3, -0.25) is 4.90 Å². The lowest BCUT2D eigenvalue weighted by molar-refractivity contribution is -0.182. The molecular weight excluding hydrogens is 181 g/mol. The molecule has 0 heterocycles. The first-order chi connectivity index (χ1) is 6.00. The summed E-state index contributed by atoms with van der Waals surface area (Å²) in [5.74, 6) is 0. The molecule has 0 radical (unpaired) electrons. The molecule has 5 heteroatoms. The number of halogens is 3. The van der Waals surface area contributed by atoms with Crippen molar-refractivity contribution in [3.05, 3.63) is 0 Å². The molecule has 1 atom stereocenters. The van der Waals surface area contributed by atoms with E-state index in [-0.39, 0.29) is 12.6 Å².